The van der Waals surface area contributed by atoms with Crippen LogP contribution in [-0.4, -0.2) is 19.2 Å². The van der Waals surface area contributed by atoms with Crippen LogP contribution >= 0.6 is 11.6 Å². The summed E-state index contributed by atoms with van der Waals surface area (Å²) >= 11 is 6.02. The molecule has 0 radical (unpaired) electrons. The number of nitrogens with one attached hydrogen (secondary N) is 1. The number of anilines is 1. The number of ether oxygens (including phenoxy) is 1. The van der Waals surface area contributed by atoms with Gasteiger partial charge in [-0.2, -0.15) is 0 Å². The molecule has 3 N–H and O–H groups in total. The van der Waals surface area contributed by atoms with E-state index in [1.807, 2.05) is 19.1 Å². The van der Waals surface area contributed by atoms with Gasteiger partial charge in [0.15, 0.2) is 0 Å². The number of methoxy groups -OCH3 is 1. The molecule has 88 valence electrons. The maximum absolute atomic E-state index is 6.03. The molecule has 3 nitrogen and oxygen atoms in total. The Labute approximate surface area is 101 Å². The van der Waals surface area contributed by atoms with Crippen molar-refractivity contribution in [3.8, 4) is 5.75 Å². The SMILES string of the molecule is COc1c(C)cc(Cl)cc1NCC1(N)CC1. The molecule has 0 aromatic heterocycles. The fourth-order valence-corrected chi connectivity index (χ4v) is 2.01. The number of hydrogen-bond donors (Lipinski definition) is 2. The summed E-state index contributed by atoms with van der Waals surface area (Å²) in [6.45, 7) is 2.74. The normalized spacial score (nSPS) is 17.0. The minimum absolute atomic E-state index is 0.0266. The molecular weight excluding hydrogens is 224 g/mol. The van der Waals surface area contributed by atoms with E-state index in [-0.39, 0.29) is 5.54 Å². The predicted octanol–water partition coefficient (Wildman–Crippen LogP) is 2.56. The Morgan fingerprint density at radius 2 is 2.19 bits per heavy atom. The van der Waals surface area contributed by atoms with Gasteiger partial charge >= 0.3 is 0 Å². The molecule has 4 heteroatoms. The molecule has 0 heterocycles. The molecule has 1 aliphatic carbocycles. The number of hydrogen-bond acceptors (Lipinski definition) is 3. The van der Waals surface area contributed by atoms with Gasteiger partial charge in [0, 0.05) is 17.1 Å². The summed E-state index contributed by atoms with van der Waals surface area (Å²) < 4.78 is 5.35. The van der Waals surface area contributed by atoms with Crippen molar-refractivity contribution in [1.82, 2.24) is 0 Å². The number of rotatable bonds is 4. The van der Waals surface area contributed by atoms with Gasteiger partial charge in [-0.25, -0.2) is 0 Å². The van der Waals surface area contributed by atoms with E-state index in [4.69, 9.17) is 22.1 Å². The van der Waals surface area contributed by atoms with Gasteiger partial charge in [0.25, 0.3) is 0 Å². The Hall–Kier alpha value is -0.930. The largest absolute Gasteiger partial charge is 0.494 e. The van der Waals surface area contributed by atoms with Gasteiger partial charge in [-0.1, -0.05) is 11.6 Å². The molecule has 0 bridgehead atoms. The first kappa shape index (κ1) is 11.6. The molecule has 1 aliphatic rings. The average Bonchev–Trinajstić information content (AvgIpc) is 2.94. The van der Waals surface area contributed by atoms with Gasteiger partial charge in [0.2, 0.25) is 0 Å². The average molecular weight is 241 g/mol. The quantitative estimate of drug-likeness (QED) is 0.851. The molecule has 1 fully saturated rings. The zero-order valence-corrected chi connectivity index (χ0v) is 10.4. The summed E-state index contributed by atoms with van der Waals surface area (Å²) in [5, 5.41) is 4.02. The highest BCUT2D eigenvalue weighted by Crippen LogP contribution is 2.35. The third-order valence-corrected chi connectivity index (χ3v) is 3.18. The van der Waals surface area contributed by atoms with Crippen LogP contribution in [0.1, 0.15) is 18.4 Å². The number of benzene rings is 1. The van der Waals surface area contributed by atoms with Gasteiger partial charge in [-0.15, -0.1) is 0 Å². The topological polar surface area (TPSA) is 47.3 Å². The van der Waals surface area contributed by atoms with Crippen molar-refractivity contribution >= 4 is 17.3 Å². The van der Waals surface area contributed by atoms with E-state index in [0.717, 1.165) is 36.4 Å². The van der Waals surface area contributed by atoms with Crippen LogP contribution in [0.15, 0.2) is 12.1 Å². The van der Waals surface area contributed by atoms with Crippen LogP contribution in [-0.2, 0) is 0 Å². The highest BCUT2D eigenvalue weighted by Gasteiger charge is 2.37. The van der Waals surface area contributed by atoms with Crippen molar-refractivity contribution in [3.63, 3.8) is 0 Å². The molecule has 0 spiro atoms. The van der Waals surface area contributed by atoms with Crippen molar-refractivity contribution in [2.75, 3.05) is 19.0 Å². The maximum atomic E-state index is 6.03. The summed E-state index contributed by atoms with van der Waals surface area (Å²) in [6, 6.07) is 3.76. The van der Waals surface area contributed by atoms with Gasteiger partial charge in [0.1, 0.15) is 5.75 Å². The van der Waals surface area contributed by atoms with Crippen LogP contribution in [0.3, 0.4) is 0 Å². The van der Waals surface area contributed by atoms with Gasteiger partial charge in [-0.3, -0.25) is 0 Å². The Morgan fingerprint density at radius 3 is 2.75 bits per heavy atom. The van der Waals surface area contributed by atoms with Gasteiger partial charge in [0.05, 0.1) is 12.8 Å². The molecule has 2 rings (SSSR count). The molecule has 1 saturated carbocycles. The van der Waals surface area contributed by atoms with Crippen molar-refractivity contribution in [2.45, 2.75) is 25.3 Å². The molecule has 1 aromatic carbocycles. The van der Waals surface area contributed by atoms with E-state index in [0.29, 0.717) is 5.02 Å². The van der Waals surface area contributed by atoms with Crippen LogP contribution in [0.25, 0.3) is 0 Å². The molecule has 0 amide bonds. The van der Waals surface area contributed by atoms with Crippen LogP contribution < -0.4 is 15.8 Å². The summed E-state index contributed by atoms with van der Waals surface area (Å²) in [5.41, 5.74) is 7.95. The van der Waals surface area contributed by atoms with E-state index in [2.05, 4.69) is 5.32 Å². The highest BCUT2D eigenvalue weighted by atomic mass is 35.5. The Morgan fingerprint density at radius 1 is 1.50 bits per heavy atom. The minimum atomic E-state index is -0.0266. The van der Waals surface area contributed by atoms with E-state index >= 15 is 0 Å². The number of nitrogens with two attached hydrogens (primary N) is 1. The van der Waals surface area contributed by atoms with Crippen molar-refractivity contribution < 1.29 is 4.74 Å². The minimum Gasteiger partial charge on any atom is -0.494 e. The van der Waals surface area contributed by atoms with Gasteiger partial charge < -0.3 is 15.8 Å². The predicted molar refractivity (Wildman–Crippen MR) is 67.4 cm³/mol. The second kappa shape index (κ2) is 4.15. The summed E-state index contributed by atoms with van der Waals surface area (Å²) in [4.78, 5) is 0. The highest BCUT2D eigenvalue weighted by molar-refractivity contribution is 6.31. The first-order valence-corrected chi connectivity index (χ1v) is 5.79. The third-order valence-electron chi connectivity index (χ3n) is 2.97. The fraction of sp³-hybridized carbons (Fsp3) is 0.500. The number of aryl methyl sites for hydroxylation is 1. The fourth-order valence-electron chi connectivity index (χ4n) is 1.74. The molecule has 0 aliphatic heterocycles. The second-order valence-electron chi connectivity index (χ2n) is 4.52. The zero-order chi connectivity index (χ0) is 11.8. The lowest BCUT2D eigenvalue weighted by molar-refractivity contribution is 0.413. The van der Waals surface area contributed by atoms with Crippen LogP contribution in [0, 0.1) is 6.92 Å². The third kappa shape index (κ3) is 2.42. The molecule has 16 heavy (non-hydrogen) atoms. The van der Waals surface area contributed by atoms with E-state index in [9.17, 15) is 0 Å². The summed E-state index contributed by atoms with van der Waals surface area (Å²) in [6.07, 6.45) is 2.17. The van der Waals surface area contributed by atoms with Crippen molar-refractivity contribution in [1.29, 1.82) is 0 Å². The molecule has 0 atom stereocenters. The smallest absolute Gasteiger partial charge is 0.144 e. The zero-order valence-electron chi connectivity index (χ0n) is 9.64. The van der Waals surface area contributed by atoms with Crippen LogP contribution in [0.5, 0.6) is 5.75 Å². The molecule has 0 saturated heterocycles. The van der Waals surface area contributed by atoms with E-state index < -0.39 is 0 Å². The van der Waals surface area contributed by atoms with Gasteiger partial charge in [-0.05, 0) is 37.5 Å². The van der Waals surface area contributed by atoms with Crippen molar-refractivity contribution in [2.24, 2.45) is 5.73 Å². The molecule has 0 unspecified atom stereocenters. The van der Waals surface area contributed by atoms with E-state index in [1.165, 1.54) is 0 Å². The Balaban J connectivity index is 2.17. The Kier molecular flexibility index (Phi) is 3.00. The lowest BCUT2D eigenvalue weighted by Crippen LogP contribution is -2.31. The van der Waals surface area contributed by atoms with Crippen LogP contribution in [0.4, 0.5) is 5.69 Å². The standard InChI is InChI=1S/C12H17ClN2O/c1-8-5-9(13)6-10(11(8)16-2)15-7-12(14)3-4-12/h5-6,15H,3-4,7,14H2,1-2H3. The van der Waals surface area contributed by atoms with E-state index in [1.54, 1.807) is 7.11 Å². The lowest BCUT2D eigenvalue weighted by atomic mass is 10.2. The first-order valence-electron chi connectivity index (χ1n) is 5.41. The maximum Gasteiger partial charge on any atom is 0.144 e. The van der Waals surface area contributed by atoms with Crippen molar-refractivity contribution in [3.05, 3.63) is 22.7 Å². The first-order chi connectivity index (χ1) is 7.54. The summed E-state index contributed by atoms with van der Waals surface area (Å²) in [5.74, 6) is 0.841. The molecule has 1 aromatic rings. The lowest BCUT2D eigenvalue weighted by Gasteiger charge is -2.16. The van der Waals surface area contributed by atoms with Crippen LogP contribution in [0.2, 0.25) is 5.02 Å². The molecular formula is C12H17ClN2O. The Bertz CT molecular complexity index is 402. The second-order valence-corrected chi connectivity index (χ2v) is 4.96. The summed E-state index contributed by atoms with van der Waals surface area (Å²) in [7, 11) is 1.66. The monoisotopic (exact) mass is 240 g/mol. The number of halogens is 1.